The zero-order chi connectivity index (χ0) is 13.1. The largest absolute Gasteiger partial charge is 0.399 e. The topological polar surface area (TPSA) is 81.6 Å². The van der Waals surface area contributed by atoms with Crippen molar-refractivity contribution >= 4 is 17.3 Å². The zero-order valence-corrected chi connectivity index (χ0v) is 10.6. The third kappa shape index (κ3) is 2.73. The predicted molar refractivity (Wildman–Crippen MR) is 71.2 cm³/mol. The number of hydrogen-bond donors (Lipinski definition) is 2. The standard InChI is InChI=1S/C13H19N3O2/c1-2-12-8-16(3-4-18-12)13(17)9-5-10(14)7-11(15)6-9/h5-7,12H,2-4,8,14-15H2,1H3. The number of carbonyl (C=O) groups is 1. The first kappa shape index (κ1) is 12.7. The van der Waals surface area contributed by atoms with E-state index >= 15 is 0 Å². The van der Waals surface area contributed by atoms with Gasteiger partial charge in [-0.15, -0.1) is 0 Å². The number of rotatable bonds is 2. The van der Waals surface area contributed by atoms with Crippen molar-refractivity contribution in [2.45, 2.75) is 19.4 Å². The van der Waals surface area contributed by atoms with Gasteiger partial charge in [-0.05, 0) is 24.6 Å². The molecule has 0 spiro atoms. The number of benzene rings is 1. The van der Waals surface area contributed by atoms with Gasteiger partial charge in [0.2, 0.25) is 0 Å². The Morgan fingerprint density at radius 3 is 2.67 bits per heavy atom. The fraction of sp³-hybridized carbons (Fsp3) is 0.462. The Bertz CT molecular complexity index is 428. The lowest BCUT2D eigenvalue weighted by molar-refractivity contribution is -0.0226. The molecule has 1 heterocycles. The van der Waals surface area contributed by atoms with E-state index in [1.54, 1.807) is 23.1 Å². The van der Waals surface area contributed by atoms with Crippen LogP contribution in [0.25, 0.3) is 0 Å². The van der Waals surface area contributed by atoms with Crippen LogP contribution in [0.4, 0.5) is 11.4 Å². The van der Waals surface area contributed by atoms with E-state index in [0.29, 0.717) is 36.6 Å². The Morgan fingerprint density at radius 2 is 2.06 bits per heavy atom. The van der Waals surface area contributed by atoms with Gasteiger partial charge in [0.25, 0.3) is 5.91 Å². The molecule has 1 aliphatic rings. The lowest BCUT2D eigenvalue weighted by Crippen LogP contribution is -2.45. The third-order valence-corrected chi connectivity index (χ3v) is 3.11. The van der Waals surface area contributed by atoms with Crippen LogP contribution in [-0.4, -0.2) is 36.6 Å². The van der Waals surface area contributed by atoms with E-state index in [1.165, 1.54) is 0 Å². The Morgan fingerprint density at radius 1 is 1.39 bits per heavy atom. The van der Waals surface area contributed by atoms with Gasteiger partial charge < -0.3 is 21.1 Å². The van der Waals surface area contributed by atoms with E-state index in [2.05, 4.69) is 6.92 Å². The molecule has 1 aromatic carbocycles. The Balaban J connectivity index is 2.15. The maximum absolute atomic E-state index is 12.3. The van der Waals surface area contributed by atoms with Crippen molar-refractivity contribution in [2.24, 2.45) is 0 Å². The van der Waals surface area contributed by atoms with Crippen molar-refractivity contribution in [2.75, 3.05) is 31.2 Å². The van der Waals surface area contributed by atoms with Crippen molar-refractivity contribution < 1.29 is 9.53 Å². The number of ether oxygens (including phenoxy) is 1. The molecular weight excluding hydrogens is 230 g/mol. The Labute approximate surface area is 107 Å². The number of nitrogen functional groups attached to an aromatic ring is 2. The van der Waals surface area contributed by atoms with Crippen molar-refractivity contribution in [1.29, 1.82) is 0 Å². The summed E-state index contributed by atoms with van der Waals surface area (Å²) in [5.74, 6) is -0.0317. The number of amides is 1. The number of nitrogens with two attached hydrogens (primary N) is 2. The van der Waals surface area contributed by atoms with Gasteiger partial charge in [-0.1, -0.05) is 6.92 Å². The average molecular weight is 249 g/mol. The molecule has 5 heteroatoms. The van der Waals surface area contributed by atoms with Gasteiger partial charge in [0.1, 0.15) is 0 Å². The third-order valence-electron chi connectivity index (χ3n) is 3.11. The highest BCUT2D eigenvalue weighted by atomic mass is 16.5. The van der Waals surface area contributed by atoms with Crippen LogP contribution in [0.1, 0.15) is 23.7 Å². The minimum atomic E-state index is -0.0317. The maximum Gasteiger partial charge on any atom is 0.254 e. The molecule has 5 nitrogen and oxygen atoms in total. The molecule has 1 amide bonds. The molecule has 1 unspecified atom stereocenters. The fourth-order valence-corrected chi connectivity index (χ4v) is 2.13. The summed E-state index contributed by atoms with van der Waals surface area (Å²) in [6.45, 7) is 3.88. The van der Waals surface area contributed by atoms with Gasteiger partial charge in [0.15, 0.2) is 0 Å². The smallest absolute Gasteiger partial charge is 0.254 e. The number of hydrogen-bond acceptors (Lipinski definition) is 4. The van der Waals surface area contributed by atoms with E-state index in [4.69, 9.17) is 16.2 Å². The van der Waals surface area contributed by atoms with Gasteiger partial charge in [-0.3, -0.25) is 4.79 Å². The van der Waals surface area contributed by atoms with Crippen LogP contribution in [0.2, 0.25) is 0 Å². The predicted octanol–water partition coefficient (Wildman–Crippen LogP) is 1.10. The number of carbonyl (C=O) groups excluding carboxylic acids is 1. The van der Waals surface area contributed by atoms with Crippen LogP contribution in [0, 0.1) is 0 Å². The molecule has 0 bridgehead atoms. The SMILES string of the molecule is CCC1CN(C(=O)c2cc(N)cc(N)c2)CCO1. The molecule has 1 saturated heterocycles. The second kappa shape index (κ2) is 5.27. The first-order valence-corrected chi connectivity index (χ1v) is 6.17. The zero-order valence-electron chi connectivity index (χ0n) is 10.6. The van der Waals surface area contributed by atoms with Crippen molar-refractivity contribution in [3.05, 3.63) is 23.8 Å². The molecule has 0 aromatic heterocycles. The molecule has 2 rings (SSSR count). The molecule has 0 radical (unpaired) electrons. The maximum atomic E-state index is 12.3. The second-order valence-corrected chi connectivity index (χ2v) is 4.54. The molecule has 0 aliphatic carbocycles. The average Bonchev–Trinajstić information content (AvgIpc) is 2.37. The van der Waals surface area contributed by atoms with Gasteiger partial charge >= 0.3 is 0 Å². The summed E-state index contributed by atoms with van der Waals surface area (Å²) in [7, 11) is 0. The van der Waals surface area contributed by atoms with Crippen molar-refractivity contribution in [3.8, 4) is 0 Å². The Kier molecular flexibility index (Phi) is 3.72. The summed E-state index contributed by atoms with van der Waals surface area (Å²) < 4.78 is 5.55. The normalized spacial score (nSPS) is 19.8. The molecule has 1 fully saturated rings. The molecule has 1 atom stereocenters. The summed E-state index contributed by atoms with van der Waals surface area (Å²) in [5, 5.41) is 0. The highest BCUT2D eigenvalue weighted by Crippen LogP contribution is 2.17. The van der Waals surface area contributed by atoms with Crippen LogP contribution in [0.3, 0.4) is 0 Å². The lowest BCUT2D eigenvalue weighted by Gasteiger charge is -2.32. The van der Waals surface area contributed by atoms with Gasteiger partial charge in [-0.25, -0.2) is 0 Å². The molecule has 1 aliphatic heterocycles. The summed E-state index contributed by atoms with van der Waals surface area (Å²) in [6, 6.07) is 4.97. The monoisotopic (exact) mass is 249 g/mol. The number of nitrogens with zero attached hydrogens (tertiary/aromatic N) is 1. The molecule has 98 valence electrons. The van der Waals surface area contributed by atoms with Crippen LogP contribution in [0.5, 0.6) is 0 Å². The van der Waals surface area contributed by atoms with Crippen molar-refractivity contribution in [3.63, 3.8) is 0 Å². The quantitative estimate of drug-likeness (QED) is 0.769. The van der Waals surface area contributed by atoms with Gasteiger partial charge in [-0.2, -0.15) is 0 Å². The summed E-state index contributed by atoms with van der Waals surface area (Å²) in [6.07, 6.45) is 1.03. The second-order valence-electron chi connectivity index (χ2n) is 4.54. The van der Waals surface area contributed by atoms with E-state index < -0.39 is 0 Å². The summed E-state index contributed by atoms with van der Waals surface area (Å²) >= 11 is 0. The molecular formula is C13H19N3O2. The molecule has 1 aromatic rings. The lowest BCUT2D eigenvalue weighted by atomic mass is 10.1. The molecule has 4 N–H and O–H groups in total. The Hall–Kier alpha value is -1.75. The summed E-state index contributed by atoms with van der Waals surface area (Å²) in [4.78, 5) is 14.1. The summed E-state index contributed by atoms with van der Waals surface area (Å²) in [5.41, 5.74) is 13.0. The van der Waals surface area contributed by atoms with Gasteiger partial charge in [0.05, 0.1) is 12.7 Å². The first-order chi connectivity index (χ1) is 8.60. The first-order valence-electron chi connectivity index (χ1n) is 6.17. The highest BCUT2D eigenvalue weighted by molar-refractivity contribution is 5.96. The minimum absolute atomic E-state index is 0.0317. The number of anilines is 2. The van der Waals surface area contributed by atoms with E-state index in [9.17, 15) is 4.79 Å². The fourth-order valence-electron chi connectivity index (χ4n) is 2.13. The van der Waals surface area contributed by atoms with Crippen LogP contribution in [0.15, 0.2) is 18.2 Å². The van der Waals surface area contributed by atoms with Crippen LogP contribution < -0.4 is 11.5 Å². The highest BCUT2D eigenvalue weighted by Gasteiger charge is 2.24. The van der Waals surface area contributed by atoms with Crippen LogP contribution in [-0.2, 0) is 4.74 Å². The van der Waals surface area contributed by atoms with Gasteiger partial charge in [0, 0.05) is 30.0 Å². The number of morpholine rings is 1. The minimum Gasteiger partial charge on any atom is -0.399 e. The van der Waals surface area contributed by atoms with Crippen LogP contribution >= 0.6 is 0 Å². The van der Waals surface area contributed by atoms with Crippen molar-refractivity contribution in [1.82, 2.24) is 4.90 Å². The van der Waals surface area contributed by atoms with E-state index in [1.807, 2.05) is 0 Å². The van der Waals surface area contributed by atoms with E-state index in [-0.39, 0.29) is 12.0 Å². The molecule has 0 saturated carbocycles. The molecule has 18 heavy (non-hydrogen) atoms. The van der Waals surface area contributed by atoms with E-state index in [0.717, 1.165) is 6.42 Å².